The molecular formula is C18H27OS+. The van der Waals surface area contributed by atoms with Crippen LogP contribution in [-0.4, -0.2) is 22.7 Å². The molecule has 20 heavy (non-hydrogen) atoms. The molecule has 3 rings (SSSR count). The van der Waals surface area contributed by atoms with E-state index in [1.807, 2.05) is 0 Å². The van der Waals surface area contributed by atoms with Gasteiger partial charge in [0.15, 0.2) is 0 Å². The lowest BCUT2D eigenvalue weighted by Crippen LogP contribution is -2.43. The molecule has 0 radical (unpaired) electrons. The predicted molar refractivity (Wildman–Crippen MR) is 87.8 cm³/mol. The monoisotopic (exact) mass is 291 g/mol. The van der Waals surface area contributed by atoms with E-state index in [1.165, 1.54) is 18.4 Å². The molecule has 2 fully saturated rings. The summed E-state index contributed by atoms with van der Waals surface area (Å²) in [5.74, 6) is 1.81. The SMILES string of the molecule is C[S+](Cc1ccccc1)[C@H]1[C@H]2CC[C@@](C)([C@@H]1O)C2(C)C. The highest BCUT2D eigenvalue weighted by Gasteiger charge is 2.69. The van der Waals surface area contributed by atoms with Gasteiger partial charge in [-0.25, -0.2) is 0 Å². The first-order valence-electron chi connectivity index (χ1n) is 7.71. The molecule has 0 aliphatic heterocycles. The van der Waals surface area contributed by atoms with Crippen LogP contribution in [-0.2, 0) is 16.6 Å². The van der Waals surface area contributed by atoms with Gasteiger partial charge >= 0.3 is 0 Å². The first-order valence-corrected chi connectivity index (χ1v) is 9.58. The highest BCUT2D eigenvalue weighted by atomic mass is 32.2. The summed E-state index contributed by atoms with van der Waals surface area (Å²) in [7, 11) is 0.252. The van der Waals surface area contributed by atoms with Crippen LogP contribution in [0.5, 0.6) is 0 Å². The number of benzene rings is 1. The van der Waals surface area contributed by atoms with Gasteiger partial charge in [0.05, 0.1) is 6.26 Å². The summed E-state index contributed by atoms with van der Waals surface area (Å²) in [5.41, 5.74) is 1.83. The summed E-state index contributed by atoms with van der Waals surface area (Å²) < 4.78 is 0. The molecule has 2 aliphatic rings. The lowest BCUT2D eigenvalue weighted by Gasteiger charge is -2.36. The Labute approximate surface area is 126 Å². The molecule has 1 aromatic carbocycles. The van der Waals surface area contributed by atoms with E-state index in [-0.39, 0.29) is 27.8 Å². The van der Waals surface area contributed by atoms with Crippen molar-refractivity contribution in [3.63, 3.8) is 0 Å². The standard InChI is InChI=1S/C18H27OS/c1-17(2)14-10-11-18(17,3)16(19)15(14)20(4)12-13-8-6-5-7-9-13/h5-9,14-16,19H,10-12H2,1-4H3/q+1/t14-,15+,16-,18+,20?/m1/s1. The van der Waals surface area contributed by atoms with Crippen molar-refractivity contribution < 1.29 is 5.11 Å². The minimum atomic E-state index is -0.117. The zero-order valence-electron chi connectivity index (χ0n) is 13.1. The Morgan fingerprint density at radius 1 is 1.20 bits per heavy atom. The van der Waals surface area contributed by atoms with Gasteiger partial charge in [-0.1, -0.05) is 51.1 Å². The van der Waals surface area contributed by atoms with Crippen molar-refractivity contribution in [3.8, 4) is 0 Å². The van der Waals surface area contributed by atoms with Gasteiger partial charge in [0, 0.05) is 16.9 Å². The van der Waals surface area contributed by atoms with E-state index < -0.39 is 0 Å². The zero-order valence-corrected chi connectivity index (χ0v) is 13.9. The minimum absolute atomic E-state index is 0.117. The number of aliphatic hydroxyl groups excluding tert-OH is 1. The Bertz CT molecular complexity index is 483. The molecule has 2 aliphatic carbocycles. The largest absolute Gasteiger partial charge is 0.387 e. The van der Waals surface area contributed by atoms with Crippen LogP contribution < -0.4 is 0 Å². The van der Waals surface area contributed by atoms with Crippen LogP contribution >= 0.6 is 0 Å². The highest BCUT2D eigenvalue weighted by molar-refractivity contribution is 7.96. The third kappa shape index (κ3) is 1.88. The Balaban J connectivity index is 1.82. The third-order valence-electron chi connectivity index (χ3n) is 6.44. The van der Waals surface area contributed by atoms with Crippen molar-refractivity contribution in [1.29, 1.82) is 0 Å². The second-order valence-corrected chi connectivity index (χ2v) is 9.73. The van der Waals surface area contributed by atoms with Gasteiger partial charge < -0.3 is 5.11 Å². The zero-order chi connectivity index (χ0) is 14.5. The van der Waals surface area contributed by atoms with E-state index in [4.69, 9.17) is 0 Å². The van der Waals surface area contributed by atoms with Gasteiger partial charge in [0.2, 0.25) is 0 Å². The van der Waals surface area contributed by atoms with Crippen molar-refractivity contribution in [2.45, 2.75) is 50.7 Å². The number of hydrogen-bond acceptors (Lipinski definition) is 1. The molecule has 0 spiro atoms. The fourth-order valence-corrected chi connectivity index (χ4v) is 7.37. The number of aliphatic hydroxyl groups is 1. The maximum atomic E-state index is 10.9. The fraction of sp³-hybridized carbons (Fsp3) is 0.667. The summed E-state index contributed by atoms with van der Waals surface area (Å²) >= 11 is 0. The summed E-state index contributed by atoms with van der Waals surface area (Å²) in [4.78, 5) is 0. The highest BCUT2D eigenvalue weighted by Crippen LogP contribution is 2.66. The Morgan fingerprint density at radius 2 is 1.85 bits per heavy atom. The average molecular weight is 291 g/mol. The van der Waals surface area contributed by atoms with Crippen LogP contribution in [0.3, 0.4) is 0 Å². The summed E-state index contributed by atoms with van der Waals surface area (Å²) in [6.45, 7) is 7.08. The molecular weight excluding hydrogens is 264 g/mol. The normalized spacial score (nSPS) is 40.0. The predicted octanol–water partition coefficient (Wildman–Crippen LogP) is 3.62. The summed E-state index contributed by atoms with van der Waals surface area (Å²) in [6.07, 6.45) is 4.75. The topological polar surface area (TPSA) is 20.2 Å². The Hall–Kier alpha value is -0.470. The van der Waals surface area contributed by atoms with Crippen molar-refractivity contribution in [2.75, 3.05) is 6.26 Å². The van der Waals surface area contributed by atoms with E-state index in [9.17, 15) is 5.11 Å². The fourth-order valence-electron chi connectivity index (χ4n) is 4.68. The smallest absolute Gasteiger partial charge is 0.147 e. The quantitative estimate of drug-likeness (QED) is 0.843. The Morgan fingerprint density at radius 3 is 2.40 bits per heavy atom. The van der Waals surface area contributed by atoms with Gasteiger partial charge in [-0.3, -0.25) is 0 Å². The van der Waals surface area contributed by atoms with E-state index >= 15 is 0 Å². The molecule has 0 amide bonds. The summed E-state index contributed by atoms with van der Waals surface area (Å²) in [5, 5.41) is 11.4. The molecule has 1 unspecified atom stereocenters. The molecule has 1 nitrogen and oxygen atoms in total. The average Bonchev–Trinajstić information content (AvgIpc) is 2.72. The molecule has 2 saturated carbocycles. The lowest BCUT2D eigenvalue weighted by atomic mass is 9.70. The second kappa shape index (κ2) is 4.78. The first kappa shape index (κ1) is 14.5. The molecule has 0 aromatic heterocycles. The van der Waals surface area contributed by atoms with Gasteiger partial charge in [-0.15, -0.1) is 0 Å². The summed E-state index contributed by atoms with van der Waals surface area (Å²) in [6, 6.07) is 10.8. The van der Waals surface area contributed by atoms with Crippen molar-refractivity contribution in [2.24, 2.45) is 16.7 Å². The van der Waals surface area contributed by atoms with Crippen LogP contribution in [0, 0.1) is 16.7 Å². The molecule has 5 atom stereocenters. The number of rotatable bonds is 3. The molecule has 1 N–H and O–H groups in total. The third-order valence-corrected chi connectivity index (χ3v) is 8.74. The van der Waals surface area contributed by atoms with Crippen molar-refractivity contribution in [3.05, 3.63) is 35.9 Å². The van der Waals surface area contributed by atoms with Crippen molar-refractivity contribution in [1.82, 2.24) is 0 Å². The molecule has 1 aromatic rings. The number of hydrogen-bond donors (Lipinski definition) is 1. The minimum Gasteiger partial charge on any atom is -0.387 e. The molecule has 2 heteroatoms. The first-order chi connectivity index (χ1) is 9.38. The van der Waals surface area contributed by atoms with Crippen molar-refractivity contribution >= 4 is 10.9 Å². The van der Waals surface area contributed by atoms with Gasteiger partial charge in [-0.2, -0.15) is 0 Å². The van der Waals surface area contributed by atoms with Crippen LogP contribution in [0.4, 0.5) is 0 Å². The molecule has 0 heterocycles. The Kier molecular flexibility index (Phi) is 3.45. The van der Waals surface area contributed by atoms with Gasteiger partial charge in [-0.05, 0) is 29.2 Å². The number of fused-ring (bicyclic) bond motifs is 2. The maximum absolute atomic E-state index is 10.9. The lowest BCUT2D eigenvalue weighted by molar-refractivity contribution is 0.0145. The van der Waals surface area contributed by atoms with Gasteiger partial charge in [0.25, 0.3) is 0 Å². The maximum Gasteiger partial charge on any atom is 0.147 e. The van der Waals surface area contributed by atoms with Crippen LogP contribution in [0.2, 0.25) is 0 Å². The van der Waals surface area contributed by atoms with Crippen LogP contribution in [0.15, 0.2) is 30.3 Å². The molecule has 0 saturated heterocycles. The van der Waals surface area contributed by atoms with Crippen LogP contribution in [0.25, 0.3) is 0 Å². The van der Waals surface area contributed by atoms with Crippen LogP contribution in [0.1, 0.15) is 39.2 Å². The van der Waals surface area contributed by atoms with Gasteiger partial charge in [0.1, 0.15) is 17.1 Å². The van der Waals surface area contributed by atoms with E-state index in [0.29, 0.717) is 11.2 Å². The second-order valence-electron chi connectivity index (χ2n) is 7.51. The molecule has 110 valence electrons. The van der Waals surface area contributed by atoms with E-state index in [2.05, 4.69) is 57.4 Å². The molecule has 2 bridgehead atoms. The van der Waals surface area contributed by atoms with E-state index in [1.54, 1.807) is 0 Å². The van der Waals surface area contributed by atoms with E-state index in [0.717, 1.165) is 5.75 Å².